The van der Waals surface area contributed by atoms with Crippen molar-refractivity contribution in [2.45, 2.75) is 31.8 Å². The van der Waals surface area contributed by atoms with Crippen LogP contribution in [0.1, 0.15) is 24.5 Å². The molecule has 0 aromatic carbocycles. The Bertz CT molecular complexity index is 687. The van der Waals surface area contributed by atoms with Gasteiger partial charge in [0.1, 0.15) is 17.4 Å². The van der Waals surface area contributed by atoms with Gasteiger partial charge in [-0.05, 0) is 13.0 Å². The first-order chi connectivity index (χ1) is 11.5. The highest BCUT2D eigenvalue weighted by Gasteiger charge is 2.37. The van der Waals surface area contributed by atoms with Crippen molar-refractivity contribution in [2.75, 3.05) is 6.61 Å². The molecular weight excluding hydrogens is 360 g/mol. The van der Waals surface area contributed by atoms with Gasteiger partial charge in [0.15, 0.2) is 0 Å². The fourth-order valence-electron chi connectivity index (χ4n) is 1.91. The standard InChI is InChI=1S/C13H11F6N3O3/c1-6-9(21-22-11(23)25-6)7-4-8(13(17,18)19)10(20-5-7)24-3-2-12(14,15)16/h4-6H,2-3H2,1H3,(H,22,23). The molecule has 0 saturated heterocycles. The maximum absolute atomic E-state index is 13.1. The van der Waals surface area contributed by atoms with Crippen molar-refractivity contribution in [3.05, 3.63) is 23.4 Å². The summed E-state index contributed by atoms with van der Waals surface area (Å²) in [6, 6.07) is 0.617. The predicted molar refractivity (Wildman–Crippen MR) is 71.0 cm³/mol. The average molecular weight is 371 g/mol. The molecule has 138 valence electrons. The Morgan fingerprint density at radius 3 is 2.52 bits per heavy atom. The Labute approximate surface area is 136 Å². The van der Waals surface area contributed by atoms with Gasteiger partial charge in [0.25, 0.3) is 0 Å². The number of alkyl halides is 6. The molecule has 0 radical (unpaired) electrons. The summed E-state index contributed by atoms with van der Waals surface area (Å²) in [4.78, 5) is 14.4. The molecule has 1 aliphatic rings. The third kappa shape index (κ3) is 4.97. The molecule has 0 aliphatic carbocycles. The maximum Gasteiger partial charge on any atom is 0.428 e. The Kier molecular flexibility index (Phi) is 5.09. The zero-order valence-electron chi connectivity index (χ0n) is 12.5. The van der Waals surface area contributed by atoms with Crippen LogP contribution in [0.3, 0.4) is 0 Å². The molecule has 1 aliphatic heterocycles. The van der Waals surface area contributed by atoms with E-state index >= 15 is 0 Å². The lowest BCUT2D eigenvalue weighted by Gasteiger charge is -2.21. The van der Waals surface area contributed by atoms with Crippen LogP contribution in [0.5, 0.6) is 5.88 Å². The lowest BCUT2D eigenvalue weighted by molar-refractivity contribution is -0.143. The van der Waals surface area contributed by atoms with Crippen molar-refractivity contribution >= 4 is 11.8 Å². The second kappa shape index (κ2) is 6.76. The molecule has 0 spiro atoms. The van der Waals surface area contributed by atoms with E-state index in [9.17, 15) is 31.1 Å². The van der Waals surface area contributed by atoms with Crippen LogP contribution in [-0.4, -0.2) is 35.7 Å². The normalized spacial score (nSPS) is 18.3. The van der Waals surface area contributed by atoms with E-state index in [0.717, 1.165) is 6.20 Å². The number of pyridine rings is 1. The molecule has 0 saturated carbocycles. The summed E-state index contributed by atoms with van der Waals surface area (Å²) < 4.78 is 85.0. The van der Waals surface area contributed by atoms with Gasteiger partial charge < -0.3 is 9.47 Å². The van der Waals surface area contributed by atoms with E-state index in [1.165, 1.54) is 6.92 Å². The van der Waals surface area contributed by atoms with Crippen LogP contribution < -0.4 is 10.2 Å². The van der Waals surface area contributed by atoms with E-state index in [4.69, 9.17) is 4.74 Å². The third-order valence-corrected chi connectivity index (χ3v) is 3.01. The van der Waals surface area contributed by atoms with E-state index in [1.807, 2.05) is 5.43 Å². The maximum atomic E-state index is 13.1. The highest BCUT2D eigenvalue weighted by atomic mass is 19.4. The Hall–Kier alpha value is -2.53. The molecule has 1 atom stereocenters. The Balaban J connectivity index is 2.30. The molecule has 2 rings (SSSR count). The van der Waals surface area contributed by atoms with Crippen molar-refractivity contribution in [3.8, 4) is 5.88 Å². The lowest BCUT2D eigenvalue weighted by Crippen LogP contribution is -2.37. The van der Waals surface area contributed by atoms with Gasteiger partial charge in [0.05, 0.1) is 13.0 Å². The number of amides is 1. The summed E-state index contributed by atoms with van der Waals surface area (Å²) >= 11 is 0. The molecule has 1 aromatic rings. The number of hydrogen-bond acceptors (Lipinski definition) is 5. The molecule has 1 amide bonds. The highest BCUT2D eigenvalue weighted by molar-refractivity contribution is 6.05. The molecule has 25 heavy (non-hydrogen) atoms. The van der Waals surface area contributed by atoms with Gasteiger partial charge in [0.2, 0.25) is 5.88 Å². The van der Waals surface area contributed by atoms with Gasteiger partial charge in [-0.15, -0.1) is 0 Å². The number of cyclic esters (lactones) is 1. The van der Waals surface area contributed by atoms with Gasteiger partial charge in [-0.3, -0.25) is 0 Å². The first-order valence-electron chi connectivity index (χ1n) is 6.79. The summed E-state index contributed by atoms with van der Waals surface area (Å²) in [7, 11) is 0. The molecule has 1 unspecified atom stereocenters. The molecule has 12 heteroatoms. The van der Waals surface area contributed by atoms with E-state index < -0.39 is 49.0 Å². The Morgan fingerprint density at radius 1 is 1.28 bits per heavy atom. The minimum Gasteiger partial charge on any atom is -0.477 e. The van der Waals surface area contributed by atoms with Crippen LogP contribution in [0, 0.1) is 0 Å². The van der Waals surface area contributed by atoms with Gasteiger partial charge in [0, 0.05) is 11.8 Å². The lowest BCUT2D eigenvalue weighted by atomic mass is 10.1. The molecule has 2 heterocycles. The minimum absolute atomic E-state index is 0.0283. The Morgan fingerprint density at radius 2 is 1.96 bits per heavy atom. The SMILES string of the molecule is CC1OC(=O)NN=C1c1cnc(OCCC(F)(F)F)c(C(F)(F)F)c1. The number of carbonyl (C=O) groups excluding carboxylic acids is 1. The van der Waals surface area contributed by atoms with E-state index in [0.29, 0.717) is 6.07 Å². The van der Waals surface area contributed by atoms with Gasteiger partial charge in [-0.25, -0.2) is 15.2 Å². The van der Waals surface area contributed by atoms with Crippen LogP contribution in [0.25, 0.3) is 0 Å². The first-order valence-corrected chi connectivity index (χ1v) is 6.79. The molecule has 6 nitrogen and oxygen atoms in total. The third-order valence-electron chi connectivity index (χ3n) is 3.01. The molecule has 1 N–H and O–H groups in total. The van der Waals surface area contributed by atoms with Crippen molar-refractivity contribution in [3.63, 3.8) is 0 Å². The highest BCUT2D eigenvalue weighted by Crippen LogP contribution is 2.36. The molecule has 0 bridgehead atoms. The fourth-order valence-corrected chi connectivity index (χ4v) is 1.91. The first kappa shape index (κ1) is 18.8. The fraction of sp³-hybridized carbons (Fsp3) is 0.462. The van der Waals surface area contributed by atoms with Gasteiger partial charge >= 0.3 is 18.4 Å². The number of rotatable bonds is 4. The monoisotopic (exact) mass is 371 g/mol. The van der Waals surface area contributed by atoms with E-state index in [-0.39, 0.29) is 11.3 Å². The van der Waals surface area contributed by atoms with Crippen molar-refractivity contribution < 1.29 is 40.6 Å². The topological polar surface area (TPSA) is 72.8 Å². The van der Waals surface area contributed by atoms with Gasteiger partial charge in [-0.1, -0.05) is 0 Å². The van der Waals surface area contributed by atoms with Gasteiger partial charge in [-0.2, -0.15) is 31.4 Å². The van der Waals surface area contributed by atoms with E-state index in [2.05, 4.69) is 14.8 Å². The summed E-state index contributed by atoms with van der Waals surface area (Å²) in [5, 5.41) is 3.60. The number of hydrazone groups is 1. The largest absolute Gasteiger partial charge is 0.477 e. The smallest absolute Gasteiger partial charge is 0.428 e. The van der Waals surface area contributed by atoms with Crippen molar-refractivity contribution in [1.29, 1.82) is 0 Å². The summed E-state index contributed by atoms with van der Waals surface area (Å²) in [6.07, 6.45) is -11.8. The average Bonchev–Trinajstić information content (AvgIpc) is 2.45. The predicted octanol–water partition coefficient (Wildman–Crippen LogP) is 3.26. The van der Waals surface area contributed by atoms with Crippen LogP contribution >= 0.6 is 0 Å². The number of hydrogen-bond donors (Lipinski definition) is 1. The summed E-state index contributed by atoms with van der Waals surface area (Å²) in [6.45, 7) is 0.383. The van der Waals surface area contributed by atoms with Crippen LogP contribution in [0.4, 0.5) is 31.1 Å². The van der Waals surface area contributed by atoms with Crippen molar-refractivity contribution in [1.82, 2.24) is 10.4 Å². The van der Waals surface area contributed by atoms with E-state index in [1.54, 1.807) is 0 Å². The zero-order valence-corrected chi connectivity index (χ0v) is 12.5. The summed E-state index contributed by atoms with van der Waals surface area (Å²) in [5.74, 6) is -0.977. The second-order valence-electron chi connectivity index (χ2n) is 4.94. The number of nitrogens with zero attached hydrogens (tertiary/aromatic N) is 2. The number of aromatic nitrogens is 1. The summed E-state index contributed by atoms with van der Waals surface area (Å²) in [5.41, 5.74) is 0.434. The van der Waals surface area contributed by atoms with Crippen LogP contribution in [0.15, 0.2) is 17.4 Å². The minimum atomic E-state index is -4.92. The number of nitrogens with one attached hydrogen (secondary N) is 1. The quantitative estimate of drug-likeness (QED) is 0.825. The molecular formula is C13H11F6N3O3. The van der Waals surface area contributed by atoms with Crippen LogP contribution in [0.2, 0.25) is 0 Å². The number of carbonyl (C=O) groups is 1. The molecule has 0 fully saturated rings. The van der Waals surface area contributed by atoms with Crippen molar-refractivity contribution in [2.24, 2.45) is 5.10 Å². The molecule has 1 aromatic heterocycles. The second-order valence-corrected chi connectivity index (χ2v) is 4.94. The zero-order chi connectivity index (χ0) is 18.8. The van der Waals surface area contributed by atoms with Crippen LogP contribution in [-0.2, 0) is 10.9 Å². The number of halogens is 6. The number of ether oxygens (including phenoxy) is 2.